The third-order valence-corrected chi connectivity index (χ3v) is 2.69. The van der Waals surface area contributed by atoms with Gasteiger partial charge in [-0.2, -0.15) is 13.2 Å². The van der Waals surface area contributed by atoms with Crippen molar-refractivity contribution in [1.82, 2.24) is 9.38 Å². The lowest BCUT2D eigenvalue weighted by atomic mass is 10.2. The standard InChI is InChI=1S/C8H7F3N2OS/c9-8(10,11)6(14)3-5-4-13-1-2-15-7(13)12-5/h1-2,4,6,14H,3H2/t6-/m1/s1. The molecule has 7 heteroatoms. The predicted molar refractivity (Wildman–Crippen MR) is 48.8 cm³/mol. The van der Waals surface area contributed by atoms with Gasteiger partial charge in [-0.1, -0.05) is 0 Å². The van der Waals surface area contributed by atoms with Crippen LogP contribution < -0.4 is 0 Å². The molecule has 0 fully saturated rings. The van der Waals surface area contributed by atoms with E-state index in [4.69, 9.17) is 5.11 Å². The van der Waals surface area contributed by atoms with E-state index in [2.05, 4.69) is 4.98 Å². The second-order valence-corrected chi connectivity index (χ2v) is 3.96. The molecule has 0 unspecified atom stereocenters. The second kappa shape index (κ2) is 3.49. The maximum atomic E-state index is 12.0. The van der Waals surface area contributed by atoms with E-state index in [1.54, 1.807) is 16.0 Å². The van der Waals surface area contributed by atoms with Gasteiger partial charge in [-0.3, -0.25) is 4.40 Å². The quantitative estimate of drug-likeness (QED) is 0.864. The summed E-state index contributed by atoms with van der Waals surface area (Å²) in [5.74, 6) is 0. The minimum absolute atomic E-state index is 0.242. The third kappa shape index (κ3) is 2.13. The molecular formula is C8H7F3N2OS. The highest BCUT2D eigenvalue weighted by Crippen LogP contribution is 2.23. The monoisotopic (exact) mass is 236 g/mol. The third-order valence-electron chi connectivity index (χ3n) is 1.92. The zero-order chi connectivity index (χ0) is 11.1. The van der Waals surface area contributed by atoms with Crippen LogP contribution in [0.25, 0.3) is 4.96 Å². The number of nitrogens with zero attached hydrogens (tertiary/aromatic N) is 2. The highest BCUT2D eigenvalue weighted by molar-refractivity contribution is 7.15. The van der Waals surface area contributed by atoms with Crippen molar-refractivity contribution in [2.24, 2.45) is 0 Å². The normalized spacial score (nSPS) is 14.7. The van der Waals surface area contributed by atoms with E-state index in [0.29, 0.717) is 4.96 Å². The average molecular weight is 236 g/mol. The molecular weight excluding hydrogens is 229 g/mol. The van der Waals surface area contributed by atoms with Gasteiger partial charge in [0, 0.05) is 24.2 Å². The topological polar surface area (TPSA) is 37.5 Å². The number of aliphatic hydroxyl groups excluding tert-OH is 1. The van der Waals surface area contributed by atoms with Crippen molar-refractivity contribution in [3.05, 3.63) is 23.5 Å². The number of alkyl halides is 3. The van der Waals surface area contributed by atoms with Gasteiger partial charge in [0.2, 0.25) is 0 Å². The van der Waals surface area contributed by atoms with E-state index in [1.807, 2.05) is 0 Å². The fourth-order valence-electron chi connectivity index (χ4n) is 1.19. The fraction of sp³-hybridized carbons (Fsp3) is 0.375. The summed E-state index contributed by atoms with van der Waals surface area (Å²) in [5, 5.41) is 10.6. The summed E-state index contributed by atoms with van der Waals surface area (Å²) in [6, 6.07) is 0. The van der Waals surface area contributed by atoms with E-state index >= 15 is 0 Å². The molecule has 3 nitrogen and oxygen atoms in total. The van der Waals surface area contributed by atoms with Crippen LogP contribution >= 0.6 is 11.3 Å². The molecule has 0 amide bonds. The lowest BCUT2D eigenvalue weighted by molar-refractivity contribution is -0.203. The van der Waals surface area contributed by atoms with Gasteiger partial charge in [0.1, 0.15) is 0 Å². The van der Waals surface area contributed by atoms with Gasteiger partial charge in [0.25, 0.3) is 0 Å². The van der Waals surface area contributed by atoms with Gasteiger partial charge in [-0.25, -0.2) is 4.98 Å². The van der Waals surface area contributed by atoms with Crippen molar-refractivity contribution in [2.45, 2.75) is 18.7 Å². The van der Waals surface area contributed by atoms with Gasteiger partial charge in [-0.15, -0.1) is 11.3 Å². The summed E-state index contributed by atoms with van der Waals surface area (Å²) in [6.07, 6.45) is -4.24. The van der Waals surface area contributed by atoms with Gasteiger partial charge in [0.15, 0.2) is 11.1 Å². The lowest BCUT2D eigenvalue weighted by Gasteiger charge is -2.12. The summed E-state index contributed by atoms with van der Waals surface area (Å²) in [5.41, 5.74) is 0.242. The molecule has 0 saturated carbocycles. The Balaban J connectivity index is 2.16. The number of hydrogen-bond acceptors (Lipinski definition) is 3. The molecule has 1 N–H and O–H groups in total. The zero-order valence-electron chi connectivity index (χ0n) is 7.40. The fourth-order valence-corrected chi connectivity index (χ4v) is 1.91. The van der Waals surface area contributed by atoms with Gasteiger partial charge < -0.3 is 5.11 Å². The number of thiazole rings is 1. The van der Waals surface area contributed by atoms with E-state index in [-0.39, 0.29) is 5.69 Å². The Morgan fingerprint density at radius 3 is 2.87 bits per heavy atom. The van der Waals surface area contributed by atoms with Gasteiger partial charge in [0.05, 0.1) is 5.69 Å². The molecule has 0 aliphatic heterocycles. The largest absolute Gasteiger partial charge is 0.414 e. The Hall–Kier alpha value is -1.08. The van der Waals surface area contributed by atoms with Crippen molar-refractivity contribution < 1.29 is 18.3 Å². The first-order valence-electron chi connectivity index (χ1n) is 4.12. The molecule has 0 saturated heterocycles. The van der Waals surface area contributed by atoms with Crippen LogP contribution in [0.1, 0.15) is 5.69 Å². The number of aromatic nitrogens is 2. The summed E-state index contributed by atoms with van der Waals surface area (Å²) < 4.78 is 37.7. The molecule has 0 aliphatic rings. The Labute approximate surface area is 86.8 Å². The minimum Gasteiger partial charge on any atom is -0.383 e. The number of hydrogen-bond donors (Lipinski definition) is 1. The smallest absolute Gasteiger partial charge is 0.383 e. The number of imidazole rings is 1. The molecule has 15 heavy (non-hydrogen) atoms. The maximum Gasteiger partial charge on any atom is 0.414 e. The van der Waals surface area contributed by atoms with Crippen molar-refractivity contribution in [1.29, 1.82) is 0 Å². The molecule has 0 radical (unpaired) electrons. The van der Waals surface area contributed by atoms with E-state index in [9.17, 15) is 13.2 Å². The maximum absolute atomic E-state index is 12.0. The van der Waals surface area contributed by atoms with Crippen LogP contribution in [0, 0.1) is 0 Å². The Kier molecular flexibility index (Phi) is 2.43. The van der Waals surface area contributed by atoms with Crippen molar-refractivity contribution in [2.75, 3.05) is 0 Å². The zero-order valence-corrected chi connectivity index (χ0v) is 8.22. The number of rotatable bonds is 2. The minimum atomic E-state index is -4.59. The average Bonchev–Trinajstić information content (AvgIpc) is 2.61. The lowest BCUT2D eigenvalue weighted by Crippen LogP contribution is -2.30. The molecule has 0 bridgehead atoms. The number of halogens is 3. The Morgan fingerprint density at radius 1 is 1.53 bits per heavy atom. The van der Waals surface area contributed by atoms with E-state index < -0.39 is 18.7 Å². The molecule has 0 spiro atoms. The van der Waals surface area contributed by atoms with Crippen molar-refractivity contribution in [3.63, 3.8) is 0 Å². The molecule has 82 valence electrons. The second-order valence-electron chi connectivity index (χ2n) is 3.09. The molecule has 2 heterocycles. The summed E-state index contributed by atoms with van der Waals surface area (Å²) in [6.45, 7) is 0. The molecule has 1 atom stereocenters. The summed E-state index contributed by atoms with van der Waals surface area (Å²) in [4.78, 5) is 4.57. The number of aliphatic hydroxyl groups is 1. The molecule has 0 aromatic carbocycles. The SMILES string of the molecule is O[C@H](Cc1cn2ccsc2n1)C(F)(F)F. The van der Waals surface area contributed by atoms with Crippen LogP contribution in [0.2, 0.25) is 0 Å². The van der Waals surface area contributed by atoms with Crippen LogP contribution in [0.15, 0.2) is 17.8 Å². The highest BCUT2D eigenvalue weighted by Gasteiger charge is 2.38. The first kappa shape index (κ1) is 10.4. The van der Waals surface area contributed by atoms with Gasteiger partial charge in [-0.05, 0) is 0 Å². The highest BCUT2D eigenvalue weighted by atomic mass is 32.1. The van der Waals surface area contributed by atoms with Crippen LogP contribution in [0.5, 0.6) is 0 Å². The van der Waals surface area contributed by atoms with E-state index in [0.717, 1.165) is 0 Å². The Morgan fingerprint density at radius 2 is 2.27 bits per heavy atom. The predicted octanol–water partition coefficient (Wildman–Crippen LogP) is 1.86. The van der Waals surface area contributed by atoms with Gasteiger partial charge >= 0.3 is 6.18 Å². The molecule has 2 rings (SSSR count). The van der Waals surface area contributed by atoms with E-state index in [1.165, 1.54) is 17.5 Å². The van der Waals surface area contributed by atoms with Crippen LogP contribution in [-0.4, -0.2) is 26.8 Å². The molecule has 2 aromatic heterocycles. The van der Waals surface area contributed by atoms with Crippen molar-refractivity contribution in [3.8, 4) is 0 Å². The number of fused-ring (bicyclic) bond motifs is 1. The summed E-state index contributed by atoms with van der Waals surface area (Å²) >= 11 is 1.33. The van der Waals surface area contributed by atoms with Crippen LogP contribution in [0.3, 0.4) is 0 Å². The van der Waals surface area contributed by atoms with Crippen molar-refractivity contribution >= 4 is 16.3 Å². The molecule has 0 aliphatic carbocycles. The first-order chi connectivity index (χ1) is 6.97. The summed E-state index contributed by atoms with van der Waals surface area (Å²) in [7, 11) is 0. The molecule has 2 aromatic rings. The van der Waals surface area contributed by atoms with Crippen LogP contribution in [0.4, 0.5) is 13.2 Å². The first-order valence-corrected chi connectivity index (χ1v) is 5.00. The Bertz CT molecular complexity index is 433. The van der Waals surface area contributed by atoms with Crippen LogP contribution in [-0.2, 0) is 6.42 Å².